The highest BCUT2D eigenvalue weighted by atomic mass is 16.6. The van der Waals surface area contributed by atoms with Crippen LogP contribution < -0.4 is 10.6 Å². The third kappa shape index (κ3) is 2.18. The van der Waals surface area contributed by atoms with Crippen LogP contribution in [0.5, 0.6) is 0 Å². The van der Waals surface area contributed by atoms with Crippen LogP contribution in [0.15, 0.2) is 18.2 Å². The van der Waals surface area contributed by atoms with Gasteiger partial charge in [-0.15, -0.1) is 0 Å². The van der Waals surface area contributed by atoms with Gasteiger partial charge in [-0.25, -0.2) is 4.98 Å². The Morgan fingerprint density at radius 1 is 1.53 bits per heavy atom. The Labute approximate surface area is 97.4 Å². The quantitative estimate of drug-likeness (QED) is 0.423. The van der Waals surface area contributed by atoms with Gasteiger partial charge in [0, 0.05) is 6.07 Å². The van der Waals surface area contributed by atoms with Crippen LogP contribution >= 0.6 is 0 Å². The number of imidazole rings is 1. The fourth-order valence-corrected chi connectivity index (χ4v) is 1.51. The summed E-state index contributed by atoms with van der Waals surface area (Å²) in [6, 6.07) is 4.82. The smallest absolute Gasteiger partial charge is 0.297 e. The molecule has 90 valence electrons. The van der Waals surface area contributed by atoms with Crippen molar-refractivity contribution in [1.82, 2.24) is 15.3 Å². The van der Waals surface area contributed by atoms with Crippen LogP contribution in [-0.4, -0.2) is 28.1 Å². The van der Waals surface area contributed by atoms with Gasteiger partial charge in [-0.05, 0) is 20.0 Å². The van der Waals surface area contributed by atoms with Crippen molar-refractivity contribution >= 4 is 22.7 Å². The van der Waals surface area contributed by atoms with E-state index in [0.29, 0.717) is 17.0 Å². The number of hydrogen-bond donors (Lipinski definition) is 3. The average molecular weight is 235 g/mol. The Kier molecular flexibility index (Phi) is 2.92. The zero-order valence-corrected chi connectivity index (χ0v) is 9.52. The largest absolute Gasteiger partial charge is 0.341 e. The lowest BCUT2D eigenvalue weighted by atomic mass is 10.3. The van der Waals surface area contributed by atoms with Crippen molar-refractivity contribution in [2.75, 3.05) is 12.4 Å². The number of fused-ring (bicyclic) bond motifs is 1. The van der Waals surface area contributed by atoms with Gasteiger partial charge in [-0.1, -0.05) is 6.07 Å². The second-order valence-electron chi connectivity index (χ2n) is 3.67. The molecule has 1 aromatic heterocycles. The van der Waals surface area contributed by atoms with Crippen molar-refractivity contribution in [3.63, 3.8) is 0 Å². The maximum atomic E-state index is 10.8. The first-order valence-corrected chi connectivity index (χ1v) is 5.18. The lowest BCUT2D eigenvalue weighted by Crippen LogP contribution is -2.30. The van der Waals surface area contributed by atoms with Gasteiger partial charge < -0.3 is 15.6 Å². The van der Waals surface area contributed by atoms with Gasteiger partial charge in [0.15, 0.2) is 5.52 Å². The fraction of sp³-hybridized carbons (Fsp3) is 0.300. The Balaban J connectivity index is 2.43. The Morgan fingerprint density at radius 2 is 2.29 bits per heavy atom. The van der Waals surface area contributed by atoms with Gasteiger partial charge in [0.1, 0.15) is 0 Å². The summed E-state index contributed by atoms with van der Waals surface area (Å²) in [7, 11) is 1.81. The van der Waals surface area contributed by atoms with Gasteiger partial charge in [0.05, 0.1) is 16.6 Å². The monoisotopic (exact) mass is 235 g/mol. The van der Waals surface area contributed by atoms with Crippen LogP contribution in [0.3, 0.4) is 0 Å². The van der Waals surface area contributed by atoms with E-state index in [2.05, 4.69) is 20.6 Å². The van der Waals surface area contributed by atoms with Gasteiger partial charge in [0.2, 0.25) is 5.95 Å². The van der Waals surface area contributed by atoms with Crippen LogP contribution in [0.4, 0.5) is 11.6 Å². The Morgan fingerprint density at radius 3 is 2.94 bits per heavy atom. The van der Waals surface area contributed by atoms with Crippen LogP contribution in [-0.2, 0) is 0 Å². The van der Waals surface area contributed by atoms with Crippen molar-refractivity contribution in [1.29, 1.82) is 0 Å². The molecule has 2 aromatic rings. The second-order valence-corrected chi connectivity index (χ2v) is 3.67. The molecule has 0 bridgehead atoms. The summed E-state index contributed by atoms with van der Waals surface area (Å²) in [5.41, 5.74) is 1.01. The normalized spacial score (nSPS) is 12.6. The molecule has 0 radical (unpaired) electrons. The molecule has 2 rings (SSSR count). The highest BCUT2D eigenvalue weighted by molar-refractivity contribution is 5.86. The average Bonchev–Trinajstić information content (AvgIpc) is 2.70. The van der Waals surface area contributed by atoms with E-state index in [1.807, 2.05) is 14.0 Å². The molecule has 1 unspecified atom stereocenters. The van der Waals surface area contributed by atoms with Crippen molar-refractivity contribution in [2.45, 2.75) is 13.1 Å². The van der Waals surface area contributed by atoms with Crippen molar-refractivity contribution < 1.29 is 4.92 Å². The van der Waals surface area contributed by atoms with Gasteiger partial charge in [-0.3, -0.25) is 10.1 Å². The standard InChI is InChI=1S/C10H13N5O2/c1-6(11-2)12-10-13-7-4-3-5-8(15(16)17)9(7)14-10/h3-6,11H,1-2H3,(H2,12,13,14). The highest BCUT2D eigenvalue weighted by Crippen LogP contribution is 2.24. The first-order chi connectivity index (χ1) is 8.11. The van der Waals surface area contributed by atoms with Crippen LogP contribution in [0.2, 0.25) is 0 Å². The fourth-order valence-electron chi connectivity index (χ4n) is 1.51. The number of nitrogens with zero attached hydrogens (tertiary/aromatic N) is 2. The molecule has 1 aromatic carbocycles. The molecule has 0 fully saturated rings. The van der Waals surface area contributed by atoms with E-state index in [0.717, 1.165) is 0 Å². The van der Waals surface area contributed by atoms with E-state index in [1.165, 1.54) is 6.07 Å². The molecule has 0 aliphatic rings. The van der Waals surface area contributed by atoms with Crippen LogP contribution in [0.1, 0.15) is 6.92 Å². The number of nitrogens with one attached hydrogen (secondary N) is 3. The molecule has 0 saturated heterocycles. The van der Waals surface area contributed by atoms with E-state index in [9.17, 15) is 10.1 Å². The number of nitro benzene ring substituents is 1. The molecule has 0 spiro atoms. The number of anilines is 1. The third-order valence-corrected chi connectivity index (χ3v) is 2.47. The maximum absolute atomic E-state index is 10.8. The summed E-state index contributed by atoms with van der Waals surface area (Å²) >= 11 is 0. The number of aromatic nitrogens is 2. The molecule has 0 aliphatic heterocycles. The summed E-state index contributed by atoms with van der Waals surface area (Å²) in [5.74, 6) is 0.510. The molecule has 1 atom stereocenters. The van der Waals surface area contributed by atoms with Crippen LogP contribution in [0.25, 0.3) is 11.0 Å². The van der Waals surface area contributed by atoms with E-state index in [1.54, 1.807) is 12.1 Å². The number of H-pyrrole nitrogens is 1. The number of aromatic amines is 1. The zero-order chi connectivity index (χ0) is 12.4. The van der Waals surface area contributed by atoms with E-state index in [4.69, 9.17) is 0 Å². The lowest BCUT2D eigenvalue weighted by molar-refractivity contribution is -0.383. The second kappa shape index (κ2) is 4.38. The topological polar surface area (TPSA) is 95.9 Å². The molecule has 7 nitrogen and oxygen atoms in total. The number of non-ortho nitro benzene ring substituents is 1. The Bertz CT molecular complexity index is 551. The van der Waals surface area contributed by atoms with E-state index in [-0.39, 0.29) is 11.9 Å². The minimum absolute atomic E-state index is 0.00362. The maximum Gasteiger partial charge on any atom is 0.297 e. The molecule has 3 N–H and O–H groups in total. The van der Waals surface area contributed by atoms with Crippen molar-refractivity contribution in [2.24, 2.45) is 0 Å². The van der Waals surface area contributed by atoms with Crippen molar-refractivity contribution in [3.05, 3.63) is 28.3 Å². The molecular formula is C10H13N5O2. The van der Waals surface area contributed by atoms with Gasteiger partial charge in [0.25, 0.3) is 5.69 Å². The van der Waals surface area contributed by atoms with Crippen molar-refractivity contribution in [3.8, 4) is 0 Å². The molecule has 7 heteroatoms. The molecule has 17 heavy (non-hydrogen) atoms. The number of nitro groups is 1. The number of para-hydroxylation sites is 1. The number of hydrogen-bond acceptors (Lipinski definition) is 5. The summed E-state index contributed by atoms with van der Waals surface area (Å²) in [4.78, 5) is 17.5. The van der Waals surface area contributed by atoms with Gasteiger partial charge in [-0.2, -0.15) is 0 Å². The highest BCUT2D eigenvalue weighted by Gasteiger charge is 2.15. The molecule has 0 amide bonds. The molecule has 0 saturated carbocycles. The number of benzene rings is 1. The summed E-state index contributed by atoms with van der Waals surface area (Å²) in [6.07, 6.45) is 0.0228. The minimum Gasteiger partial charge on any atom is -0.341 e. The predicted molar refractivity (Wildman–Crippen MR) is 64.9 cm³/mol. The van der Waals surface area contributed by atoms with Crippen LogP contribution in [0, 0.1) is 10.1 Å². The zero-order valence-electron chi connectivity index (χ0n) is 9.52. The first kappa shape index (κ1) is 11.3. The van der Waals surface area contributed by atoms with E-state index < -0.39 is 4.92 Å². The van der Waals surface area contributed by atoms with Gasteiger partial charge >= 0.3 is 0 Å². The summed E-state index contributed by atoms with van der Waals surface area (Å²) in [6.45, 7) is 1.92. The third-order valence-electron chi connectivity index (χ3n) is 2.47. The summed E-state index contributed by atoms with van der Waals surface area (Å²) in [5, 5.41) is 16.9. The SMILES string of the molecule is CNC(C)Nc1nc2c([N+](=O)[O-])cccc2[nH]1. The number of rotatable bonds is 4. The molecule has 0 aliphatic carbocycles. The Hall–Kier alpha value is -2.15. The lowest BCUT2D eigenvalue weighted by Gasteiger charge is -2.10. The summed E-state index contributed by atoms with van der Waals surface area (Å²) < 4.78 is 0. The first-order valence-electron chi connectivity index (χ1n) is 5.18. The molecule has 1 heterocycles. The predicted octanol–water partition coefficient (Wildman–Crippen LogP) is 1.45. The minimum atomic E-state index is -0.436. The molecular weight excluding hydrogens is 222 g/mol. The van der Waals surface area contributed by atoms with E-state index >= 15 is 0 Å².